The minimum atomic E-state index is -0.707. The van der Waals surface area contributed by atoms with Crippen LogP contribution in [0.1, 0.15) is 61.0 Å². The highest BCUT2D eigenvalue weighted by Crippen LogP contribution is 2.32. The van der Waals surface area contributed by atoms with Gasteiger partial charge in [0.25, 0.3) is 12.9 Å². The molecule has 10 nitrogen and oxygen atoms in total. The normalized spacial score (nSPS) is 9.67. The molecule has 0 unspecified atom stereocenters. The number of methoxy groups -OCH3 is 1. The molecule has 0 amide bonds. The van der Waals surface area contributed by atoms with Crippen LogP contribution in [0.3, 0.4) is 0 Å². The first-order valence-corrected chi connectivity index (χ1v) is 13.6. The van der Waals surface area contributed by atoms with E-state index in [1.807, 2.05) is 27.7 Å². The highest BCUT2D eigenvalue weighted by molar-refractivity contribution is 5.98. The molecule has 0 aromatic heterocycles. The Bertz CT molecular complexity index is 1440. The van der Waals surface area contributed by atoms with Crippen LogP contribution in [0.2, 0.25) is 0 Å². The smallest absolute Gasteiger partial charge is 0.339 e. The summed E-state index contributed by atoms with van der Waals surface area (Å²) >= 11 is 0. The molecule has 0 saturated carbocycles. The van der Waals surface area contributed by atoms with Gasteiger partial charge < -0.3 is 23.7 Å². The first kappa shape index (κ1) is 42.6. The summed E-state index contributed by atoms with van der Waals surface area (Å²) in [6.45, 7) is 28.6. The van der Waals surface area contributed by atoms with Gasteiger partial charge in [0.05, 0.1) is 7.11 Å². The van der Waals surface area contributed by atoms with Gasteiger partial charge in [-0.1, -0.05) is 30.4 Å². The minimum absolute atomic E-state index is 0.00368. The molecule has 0 radical (unpaired) electrons. The second-order valence-electron chi connectivity index (χ2n) is 10.1. The second kappa shape index (κ2) is 22.9. The molecule has 0 aliphatic carbocycles. The van der Waals surface area contributed by atoms with E-state index >= 15 is 0 Å². The molecule has 0 spiro atoms. The third-order valence-corrected chi connectivity index (χ3v) is 4.65. The van der Waals surface area contributed by atoms with E-state index < -0.39 is 11.9 Å². The third kappa shape index (κ3) is 18.9. The number of allylic oxidation sites excluding steroid dienone is 4. The molecule has 0 heterocycles. The number of rotatable bonds is 11. The summed E-state index contributed by atoms with van der Waals surface area (Å²) in [7, 11) is 1.43. The maximum absolute atomic E-state index is 12.7. The van der Waals surface area contributed by atoms with E-state index in [4.69, 9.17) is 23.7 Å². The van der Waals surface area contributed by atoms with Crippen LogP contribution in [0.25, 0.3) is 5.57 Å². The Hall–Kier alpha value is -5.51. The number of carbonyl (C=O) groups excluding carboxylic acids is 5. The molecule has 10 heteroatoms. The van der Waals surface area contributed by atoms with E-state index in [0.717, 1.165) is 6.29 Å². The van der Waals surface area contributed by atoms with Crippen LogP contribution in [-0.2, 0) is 24.0 Å². The van der Waals surface area contributed by atoms with Crippen molar-refractivity contribution in [1.82, 2.24) is 0 Å². The third-order valence-electron chi connectivity index (χ3n) is 4.65. The number of ether oxygens (including phenoxy) is 5. The summed E-state index contributed by atoms with van der Waals surface area (Å²) in [6, 6.07) is 8.70. The van der Waals surface area contributed by atoms with Gasteiger partial charge in [-0.25, -0.2) is 9.59 Å². The van der Waals surface area contributed by atoms with Gasteiger partial charge in [-0.2, -0.15) is 0 Å². The standard InChI is InChI=1S/C24H22O9.C4H6O.2C4H8/c1-14(2)23(27)32-19-9-18(30-12-25)10-20(11-19)33-24(28)16(4)15(3)17-6-7-21(29-5)22(8-17)31-13-26;1-4(2)3-5;2*1-4(2)3/h6-13H,1H2,2-5H3;3H,1H2,2H3;2*1H2,2-3H3/b16-15+;;;. The van der Waals surface area contributed by atoms with E-state index in [1.54, 1.807) is 39.0 Å². The van der Waals surface area contributed by atoms with E-state index in [2.05, 4.69) is 26.3 Å². The van der Waals surface area contributed by atoms with Gasteiger partial charge in [0.1, 0.15) is 23.5 Å². The Morgan fingerprint density at radius 2 is 1.07 bits per heavy atom. The Morgan fingerprint density at radius 1 is 0.630 bits per heavy atom. The van der Waals surface area contributed by atoms with Crippen LogP contribution in [0, 0.1) is 0 Å². The molecule has 2 aromatic carbocycles. The number of benzene rings is 2. The second-order valence-corrected chi connectivity index (χ2v) is 10.1. The Morgan fingerprint density at radius 3 is 1.46 bits per heavy atom. The van der Waals surface area contributed by atoms with Crippen LogP contribution >= 0.6 is 0 Å². The zero-order valence-electron chi connectivity index (χ0n) is 28.1. The number of hydrogen-bond donors (Lipinski definition) is 0. The number of carbonyl (C=O) groups is 5. The Balaban J connectivity index is 0. The first-order chi connectivity index (χ1) is 21.4. The molecular weight excluding hydrogens is 592 g/mol. The molecule has 248 valence electrons. The minimum Gasteiger partial charge on any atom is -0.493 e. The lowest BCUT2D eigenvalue weighted by atomic mass is 10.0. The van der Waals surface area contributed by atoms with E-state index in [1.165, 1.54) is 43.4 Å². The average molecular weight is 637 g/mol. The lowest BCUT2D eigenvalue weighted by Crippen LogP contribution is -2.12. The van der Waals surface area contributed by atoms with Crippen molar-refractivity contribution in [3.05, 3.63) is 96.1 Å². The zero-order chi connectivity index (χ0) is 36.0. The maximum atomic E-state index is 12.7. The predicted molar refractivity (Wildman–Crippen MR) is 179 cm³/mol. The molecule has 0 N–H and O–H groups in total. The zero-order valence-corrected chi connectivity index (χ0v) is 28.1. The maximum Gasteiger partial charge on any atom is 0.339 e. The van der Waals surface area contributed by atoms with Crippen molar-refractivity contribution in [2.45, 2.75) is 55.4 Å². The topological polar surface area (TPSA) is 132 Å². The van der Waals surface area contributed by atoms with Crippen molar-refractivity contribution in [3.8, 4) is 28.7 Å². The van der Waals surface area contributed by atoms with Crippen molar-refractivity contribution in [2.75, 3.05) is 7.11 Å². The largest absolute Gasteiger partial charge is 0.493 e. The summed E-state index contributed by atoms with van der Waals surface area (Å²) < 4.78 is 25.4. The number of hydrogen-bond acceptors (Lipinski definition) is 10. The van der Waals surface area contributed by atoms with Gasteiger partial charge in [-0.3, -0.25) is 14.4 Å². The van der Waals surface area contributed by atoms with Crippen LogP contribution < -0.4 is 23.7 Å². The highest BCUT2D eigenvalue weighted by atomic mass is 16.6. The van der Waals surface area contributed by atoms with Crippen LogP contribution in [0.5, 0.6) is 28.7 Å². The van der Waals surface area contributed by atoms with Crippen molar-refractivity contribution in [1.29, 1.82) is 0 Å². The summed E-state index contributed by atoms with van der Waals surface area (Å²) in [5.41, 5.74) is 4.45. The molecule has 0 aliphatic rings. The first-order valence-electron chi connectivity index (χ1n) is 13.6. The van der Waals surface area contributed by atoms with Gasteiger partial charge in [0, 0.05) is 29.3 Å². The molecule has 0 atom stereocenters. The Kier molecular flexibility index (Phi) is 21.3. The van der Waals surface area contributed by atoms with Gasteiger partial charge in [-0.05, 0) is 84.2 Å². The fraction of sp³-hybridized carbons (Fsp3) is 0.250. The summed E-state index contributed by atoms with van der Waals surface area (Å²) in [4.78, 5) is 55.4. The molecule has 0 saturated heterocycles. The molecule has 46 heavy (non-hydrogen) atoms. The quantitative estimate of drug-likeness (QED) is 0.0800. The molecule has 2 rings (SSSR count). The summed E-state index contributed by atoms with van der Waals surface area (Å²) in [6.07, 6.45) is 0.722. The number of aldehydes is 1. The monoisotopic (exact) mass is 636 g/mol. The molecule has 0 aliphatic heterocycles. The van der Waals surface area contributed by atoms with Gasteiger partial charge in [0.2, 0.25) is 0 Å². The fourth-order valence-electron chi connectivity index (χ4n) is 2.59. The fourth-order valence-corrected chi connectivity index (χ4v) is 2.59. The van der Waals surface area contributed by atoms with E-state index in [9.17, 15) is 24.0 Å². The molecule has 0 fully saturated rings. The molecule has 0 bridgehead atoms. The van der Waals surface area contributed by atoms with Crippen LogP contribution in [0.4, 0.5) is 0 Å². The molecular formula is C36H44O10. The predicted octanol–water partition coefficient (Wildman–Crippen LogP) is 7.57. The Labute approximate surface area is 271 Å². The van der Waals surface area contributed by atoms with Crippen molar-refractivity contribution < 1.29 is 47.7 Å². The average Bonchev–Trinajstić information content (AvgIpc) is 2.96. The van der Waals surface area contributed by atoms with Gasteiger partial charge >= 0.3 is 11.9 Å². The lowest BCUT2D eigenvalue weighted by molar-refractivity contribution is -0.130. The van der Waals surface area contributed by atoms with Crippen LogP contribution in [-0.4, -0.2) is 38.3 Å². The highest BCUT2D eigenvalue weighted by Gasteiger charge is 2.16. The van der Waals surface area contributed by atoms with E-state index in [0.29, 0.717) is 22.5 Å². The van der Waals surface area contributed by atoms with Gasteiger partial charge in [0.15, 0.2) is 11.5 Å². The summed E-state index contributed by atoms with van der Waals surface area (Å²) in [5.74, 6) is -0.887. The van der Waals surface area contributed by atoms with E-state index in [-0.39, 0.29) is 47.1 Å². The lowest BCUT2D eigenvalue weighted by Gasteiger charge is -2.12. The van der Waals surface area contributed by atoms with Crippen molar-refractivity contribution >= 4 is 36.7 Å². The SMILES string of the molecule is C=C(C)C.C=C(C)C.C=C(C)C(=O)Oc1cc(OC=O)cc(OC(=O)/C(C)=C(\C)c2ccc(OC)c(OC=O)c2)c1.C=C(C)C=O. The number of esters is 2. The summed E-state index contributed by atoms with van der Waals surface area (Å²) in [5, 5.41) is 0. The van der Waals surface area contributed by atoms with Gasteiger partial charge in [-0.15, -0.1) is 13.2 Å². The van der Waals surface area contributed by atoms with Crippen molar-refractivity contribution in [3.63, 3.8) is 0 Å². The van der Waals surface area contributed by atoms with Crippen molar-refractivity contribution in [2.24, 2.45) is 0 Å². The molecule has 2 aromatic rings. The van der Waals surface area contributed by atoms with Crippen LogP contribution in [0.15, 0.2) is 90.6 Å².